The van der Waals surface area contributed by atoms with Crippen molar-refractivity contribution in [1.29, 1.82) is 0 Å². The molecule has 0 aliphatic rings. The average molecular weight is 1020 g/mol. The van der Waals surface area contributed by atoms with Crippen LogP contribution >= 0.6 is 7.82 Å². The Bertz CT molecular complexity index is 1600. The second-order valence-corrected chi connectivity index (χ2v) is 21.6. The number of ether oxygens (including phenoxy) is 1. The lowest BCUT2D eigenvalue weighted by Gasteiger charge is -2.27. The maximum Gasteiger partial charge on any atom is 0.472 e. The molecule has 3 atom stereocenters. The SMILES string of the molecule is CC/C=C\C/C=C\C/C=C\C/C=C\C/C=C\CCCCCCCC(=O)OC(/C=C\CCCCCCCCCCCC)C(COP(=O)(O)OCC[N+](C)(C)C)NC(=O)CCCCCCC\C=C/C=C/C=C/CC. The van der Waals surface area contributed by atoms with E-state index in [9.17, 15) is 19.0 Å². The second-order valence-electron chi connectivity index (χ2n) is 20.1. The van der Waals surface area contributed by atoms with Crippen LogP contribution in [0.5, 0.6) is 0 Å². The molecule has 3 unspecified atom stereocenters. The smallest absolute Gasteiger partial charge is 0.456 e. The summed E-state index contributed by atoms with van der Waals surface area (Å²) in [5.41, 5.74) is 0. The molecule has 0 saturated heterocycles. The summed E-state index contributed by atoms with van der Waals surface area (Å²) in [6.45, 7) is 6.71. The van der Waals surface area contributed by atoms with Gasteiger partial charge in [0, 0.05) is 12.8 Å². The molecule has 2 N–H and O–H groups in total. The van der Waals surface area contributed by atoms with Gasteiger partial charge in [0.1, 0.15) is 19.3 Å². The van der Waals surface area contributed by atoms with Crippen molar-refractivity contribution >= 4 is 19.7 Å². The molecule has 0 bridgehead atoms. The van der Waals surface area contributed by atoms with Crippen LogP contribution in [-0.2, 0) is 27.9 Å². The van der Waals surface area contributed by atoms with Crippen LogP contribution in [0.4, 0.5) is 0 Å². The number of allylic oxidation sites excluding steroid dienone is 17. The van der Waals surface area contributed by atoms with E-state index in [1.54, 1.807) is 0 Å². The Balaban J connectivity index is 5.37. The van der Waals surface area contributed by atoms with E-state index in [1.807, 2.05) is 39.4 Å². The van der Waals surface area contributed by atoms with Crippen molar-refractivity contribution in [2.75, 3.05) is 40.9 Å². The summed E-state index contributed by atoms with van der Waals surface area (Å²) in [5, 5.41) is 3.02. The summed E-state index contributed by atoms with van der Waals surface area (Å²) in [6.07, 6.45) is 69.4. The number of likely N-dealkylation sites (N-methyl/N-ethyl adjacent to an activating group) is 1. The molecule has 0 heterocycles. The van der Waals surface area contributed by atoms with Gasteiger partial charge in [-0.25, -0.2) is 4.57 Å². The van der Waals surface area contributed by atoms with Crippen LogP contribution in [0.3, 0.4) is 0 Å². The molecule has 1 amide bonds. The third-order valence-corrected chi connectivity index (χ3v) is 13.0. The zero-order chi connectivity index (χ0) is 52.9. The first-order chi connectivity index (χ1) is 34.9. The van der Waals surface area contributed by atoms with E-state index in [0.29, 0.717) is 23.9 Å². The van der Waals surface area contributed by atoms with Gasteiger partial charge in [-0.2, -0.15) is 0 Å². The quantitative estimate of drug-likeness (QED) is 0.0156. The highest BCUT2D eigenvalue weighted by atomic mass is 31.2. The molecule has 0 aliphatic carbocycles. The molecule has 412 valence electrons. The molecule has 0 saturated carbocycles. The summed E-state index contributed by atoms with van der Waals surface area (Å²) >= 11 is 0. The number of carbonyl (C=O) groups is 2. The maximum atomic E-state index is 13.5. The molecular weight excluding hydrogens is 916 g/mol. The summed E-state index contributed by atoms with van der Waals surface area (Å²) in [7, 11) is 1.45. The topological polar surface area (TPSA) is 111 Å². The Morgan fingerprint density at radius 1 is 0.514 bits per heavy atom. The van der Waals surface area contributed by atoms with E-state index in [-0.39, 0.29) is 31.5 Å². The number of phosphoric acid groups is 1. The van der Waals surface area contributed by atoms with Crippen LogP contribution in [0.1, 0.15) is 220 Å². The number of rotatable bonds is 50. The largest absolute Gasteiger partial charge is 0.472 e. The number of nitrogens with zero attached hydrogens (tertiary/aromatic N) is 1. The van der Waals surface area contributed by atoms with Gasteiger partial charge in [-0.15, -0.1) is 0 Å². The number of hydrogen-bond donors (Lipinski definition) is 2. The highest BCUT2D eigenvalue weighted by Crippen LogP contribution is 2.43. The Morgan fingerprint density at radius 2 is 0.958 bits per heavy atom. The summed E-state index contributed by atoms with van der Waals surface area (Å²) in [6, 6.07) is -0.873. The first-order valence-electron chi connectivity index (χ1n) is 28.7. The molecule has 0 fully saturated rings. The van der Waals surface area contributed by atoms with Gasteiger partial charge >= 0.3 is 13.8 Å². The van der Waals surface area contributed by atoms with Crippen LogP contribution in [0.15, 0.2) is 109 Å². The van der Waals surface area contributed by atoms with E-state index in [2.05, 4.69) is 117 Å². The minimum atomic E-state index is -4.46. The highest BCUT2D eigenvalue weighted by Gasteiger charge is 2.30. The van der Waals surface area contributed by atoms with E-state index in [1.165, 1.54) is 51.4 Å². The molecule has 10 heteroatoms. The number of hydrogen-bond acceptors (Lipinski definition) is 6. The van der Waals surface area contributed by atoms with Crippen LogP contribution in [0.25, 0.3) is 0 Å². The monoisotopic (exact) mass is 1020 g/mol. The number of phosphoric ester groups is 1. The molecule has 72 heavy (non-hydrogen) atoms. The van der Waals surface area contributed by atoms with Gasteiger partial charge in [-0.1, -0.05) is 220 Å². The lowest BCUT2D eigenvalue weighted by atomic mass is 10.0. The van der Waals surface area contributed by atoms with E-state index < -0.39 is 20.0 Å². The van der Waals surface area contributed by atoms with Crippen molar-refractivity contribution in [3.05, 3.63) is 109 Å². The van der Waals surface area contributed by atoms with Gasteiger partial charge in [-0.3, -0.25) is 18.6 Å². The van der Waals surface area contributed by atoms with Gasteiger partial charge in [0.15, 0.2) is 0 Å². The molecule has 0 aromatic rings. The van der Waals surface area contributed by atoms with Crippen molar-refractivity contribution in [3.8, 4) is 0 Å². The zero-order valence-electron chi connectivity index (χ0n) is 46.9. The standard InChI is InChI=1S/C62H107N2O7P/c1-7-10-13-16-19-22-25-28-29-30-31-32-33-34-35-37-40-43-46-49-52-55-62(66)71-60(53-50-47-44-41-38-27-24-21-18-15-12-9-3)59(58-70-72(67,68)69-57-56-64(4,5)6)63-61(65)54-51-48-45-42-39-36-26-23-20-17-14-11-8-2/h10-11,13-14,17,19-20,22-23,26,28-29,31-32,34-35,50,53,59-60H,7-9,12,15-16,18,21,24-25,27,30,33,36-49,51-52,54-58H2,1-6H3,(H-,63,65,67,68)/p+1/b13-10-,14-11+,20-17+,22-19-,26-23-,29-28-,32-31-,35-34-,53-50-. The highest BCUT2D eigenvalue weighted by molar-refractivity contribution is 7.47. The maximum absolute atomic E-state index is 13.5. The van der Waals surface area contributed by atoms with E-state index in [4.69, 9.17) is 13.8 Å². The Kier molecular flexibility index (Phi) is 48.8. The van der Waals surface area contributed by atoms with Crippen LogP contribution in [0, 0.1) is 0 Å². The number of carbonyl (C=O) groups excluding carboxylic acids is 2. The fraction of sp³-hybridized carbons (Fsp3) is 0.677. The van der Waals surface area contributed by atoms with E-state index in [0.717, 1.165) is 128 Å². The van der Waals surface area contributed by atoms with Crippen molar-refractivity contribution in [1.82, 2.24) is 5.32 Å². The number of amides is 1. The van der Waals surface area contributed by atoms with Gasteiger partial charge in [0.25, 0.3) is 0 Å². The summed E-state index contributed by atoms with van der Waals surface area (Å²) in [4.78, 5) is 37.6. The van der Waals surface area contributed by atoms with Gasteiger partial charge < -0.3 is 19.4 Å². The predicted molar refractivity (Wildman–Crippen MR) is 309 cm³/mol. The molecular formula is C62H108N2O7P+. The molecule has 0 aliphatic heterocycles. The first-order valence-corrected chi connectivity index (χ1v) is 30.2. The third-order valence-electron chi connectivity index (χ3n) is 12.0. The minimum Gasteiger partial charge on any atom is -0.456 e. The summed E-state index contributed by atoms with van der Waals surface area (Å²) in [5.74, 6) is -0.560. The van der Waals surface area contributed by atoms with Crippen LogP contribution in [-0.4, -0.2) is 74.3 Å². The Labute approximate surface area is 442 Å². The molecule has 0 aromatic heterocycles. The summed E-state index contributed by atoms with van der Waals surface area (Å²) < 4.78 is 30.6. The molecule has 0 radical (unpaired) electrons. The lowest BCUT2D eigenvalue weighted by Crippen LogP contribution is -2.47. The molecule has 0 spiro atoms. The predicted octanol–water partition coefficient (Wildman–Crippen LogP) is 17.4. The Hall–Kier alpha value is -3.33. The minimum absolute atomic E-state index is 0.0266. The first kappa shape index (κ1) is 68.7. The molecule has 0 rings (SSSR count). The number of esters is 1. The normalized spacial score (nSPS) is 14.6. The number of quaternary nitrogens is 1. The van der Waals surface area contributed by atoms with E-state index >= 15 is 0 Å². The molecule has 0 aromatic carbocycles. The molecule has 9 nitrogen and oxygen atoms in total. The van der Waals surface area contributed by atoms with Gasteiger partial charge in [0.05, 0.1) is 33.8 Å². The Morgan fingerprint density at radius 3 is 1.49 bits per heavy atom. The second kappa shape index (κ2) is 51.2. The van der Waals surface area contributed by atoms with Crippen molar-refractivity contribution in [3.63, 3.8) is 0 Å². The van der Waals surface area contributed by atoms with Gasteiger partial charge in [-0.05, 0) is 96.0 Å². The average Bonchev–Trinajstić information content (AvgIpc) is 3.34. The van der Waals surface area contributed by atoms with Crippen LogP contribution < -0.4 is 5.32 Å². The fourth-order valence-electron chi connectivity index (χ4n) is 7.61. The van der Waals surface area contributed by atoms with Crippen molar-refractivity contribution in [2.45, 2.75) is 232 Å². The lowest BCUT2D eigenvalue weighted by molar-refractivity contribution is -0.870. The van der Waals surface area contributed by atoms with Gasteiger partial charge in [0.2, 0.25) is 5.91 Å². The number of unbranched alkanes of at least 4 members (excludes halogenated alkanes) is 20. The van der Waals surface area contributed by atoms with Crippen molar-refractivity contribution < 1.29 is 37.3 Å². The van der Waals surface area contributed by atoms with Crippen LogP contribution in [0.2, 0.25) is 0 Å². The zero-order valence-corrected chi connectivity index (χ0v) is 47.8. The third kappa shape index (κ3) is 51.6. The van der Waals surface area contributed by atoms with Crippen molar-refractivity contribution in [2.24, 2.45) is 0 Å². The fourth-order valence-corrected chi connectivity index (χ4v) is 8.35. The number of nitrogens with one attached hydrogen (secondary N) is 1.